The van der Waals surface area contributed by atoms with E-state index in [0.29, 0.717) is 0 Å². The van der Waals surface area contributed by atoms with Crippen LogP contribution in [0.5, 0.6) is 0 Å². The van der Waals surface area contributed by atoms with Gasteiger partial charge in [-0.15, -0.1) is 4.90 Å². The molecule has 0 saturated heterocycles. The molecule has 29 heavy (non-hydrogen) atoms. The van der Waals surface area contributed by atoms with Gasteiger partial charge in [0.2, 0.25) is 0 Å². The van der Waals surface area contributed by atoms with Gasteiger partial charge in [-0.1, -0.05) is 0 Å². The summed E-state index contributed by atoms with van der Waals surface area (Å²) in [6.45, 7) is -4.43. The van der Waals surface area contributed by atoms with Crippen LogP contribution in [0.15, 0.2) is 0 Å². The smallest absolute Gasteiger partial charge is 0.233 e. The molecule has 0 unspecified atom stereocenters. The molecule has 0 fully saturated rings. The molecule has 0 saturated carbocycles. The van der Waals surface area contributed by atoms with Crippen LogP contribution in [0.1, 0.15) is 0 Å². The van der Waals surface area contributed by atoms with E-state index in [1.807, 2.05) is 0 Å². The van der Waals surface area contributed by atoms with Crippen molar-refractivity contribution < 1.29 is 83.4 Å². The fraction of sp³-hybridized carbons (Fsp3) is 1.00. The highest BCUT2D eigenvalue weighted by atomic mass is 19.4. The van der Waals surface area contributed by atoms with E-state index in [2.05, 4.69) is 0 Å². The first-order chi connectivity index (χ1) is 12.2. The summed E-state index contributed by atoms with van der Waals surface area (Å²) in [5.41, 5.74) is -16.7. The van der Waals surface area contributed by atoms with Gasteiger partial charge < -0.3 is 0 Å². The van der Waals surface area contributed by atoms with Crippen LogP contribution in [-0.2, 0) is 0 Å². The van der Waals surface area contributed by atoms with Crippen molar-refractivity contribution in [3.05, 3.63) is 0 Å². The first kappa shape index (κ1) is 27.6. The summed E-state index contributed by atoms with van der Waals surface area (Å²) in [4.78, 5) is -4.11. The first-order valence-corrected chi connectivity index (χ1v) is 5.93. The monoisotopic (exact) mass is 485 g/mol. The summed E-state index contributed by atoms with van der Waals surface area (Å²) >= 11 is 0. The van der Waals surface area contributed by atoms with E-state index < -0.39 is 59.8 Å². The average molecular weight is 485 g/mol. The van der Waals surface area contributed by atoms with Crippen LogP contribution in [-0.4, -0.2) is 59.8 Å². The lowest BCUT2D eigenvalue weighted by Gasteiger charge is -2.46. The lowest BCUT2D eigenvalue weighted by atomic mass is 9.96. The highest BCUT2D eigenvalue weighted by Gasteiger charge is 2.93. The van der Waals surface area contributed by atoms with Crippen LogP contribution in [0.4, 0.5) is 83.4 Å². The van der Waals surface area contributed by atoms with Crippen molar-refractivity contribution in [1.82, 2.24) is 4.90 Å². The largest absolute Gasteiger partial charge is 0.439 e. The van der Waals surface area contributed by atoms with E-state index in [0.717, 1.165) is 0 Å². The molecule has 0 amide bonds. The number of hydrogen-bond donors (Lipinski definition) is 0. The summed E-state index contributed by atoms with van der Waals surface area (Å²) < 4.78 is 240. The molecule has 0 aromatic carbocycles. The molecule has 0 bridgehead atoms. The van der Waals surface area contributed by atoms with E-state index in [4.69, 9.17) is 0 Å². The minimum absolute atomic E-state index is 4.11. The predicted molar refractivity (Wildman–Crippen MR) is 49.6 cm³/mol. The second-order valence-corrected chi connectivity index (χ2v) is 4.94. The Bertz CT molecular complexity index is 496. The molecule has 20 heteroatoms. The zero-order valence-electron chi connectivity index (χ0n) is 12.3. The molecule has 176 valence electrons. The molecule has 0 radical (unpaired) electrons. The number of halogens is 19. The van der Waals surface area contributed by atoms with Crippen LogP contribution in [0.2, 0.25) is 0 Å². The quantitative estimate of drug-likeness (QED) is 0.338. The van der Waals surface area contributed by atoms with E-state index in [-0.39, 0.29) is 0 Å². The Hall–Kier alpha value is -1.37. The Morgan fingerprint density at radius 3 is 0.655 bits per heavy atom. The molecule has 0 aromatic rings. The third-order valence-corrected chi connectivity index (χ3v) is 3.19. The molecular formula is C9H2F19N. The van der Waals surface area contributed by atoms with E-state index in [1.165, 1.54) is 0 Å². The maximum Gasteiger partial charge on any atom is 0.439 e. The molecule has 0 heterocycles. The topological polar surface area (TPSA) is 3.24 Å². The van der Waals surface area contributed by atoms with Crippen molar-refractivity contribution in [2.45, 2.75) is 48.1 Å². The molecule has 0 aromatic heterocycles. The fourth-order valence-electron chi connectivity index (χ4n) is 1.70. The Labute approximate surface area is 145 Å². The van der Waals surface area contributed by atoms with Crippen molar-refractivity contribution in [1.29, 1.82) is 0 Å². The van der Waals surface area contributed by atoms with Gasteiger partial charge in [0.05, 0.1) is 0 Å². The maximum absolute atomic E-state index is 13.4. The van der Waals surface area contributed by atoms with Crippen LogP contribution < -0.4 is 0 Å². The maximum atomic E-state index is 13.4. The van der Waals surface area contributed by atoms with Gasteiger partial charge in [0, 0.05) is 0 Å². The molecule has 0 aliphatic heterocycles. The summed E-state index contributed by atoms with van der Waals surface area (Å²) in [7, 11) is 0. The minimum Gasteiger partial charge on any atom is -0.233 e. The van der Waals surface area contributed by atoms with E-state index >= 15 is 0 Å². The highest BCUT2D eigenvalue weighted by Crippen LogP contribution is 2.61. The molecular weight excluding hydrogens is 483 g/mol. The lowest BCUT2D eigenvalue weighted by Crippen LogP contribution is -2.78. The van der Waals surface area contributed by atoms with Crippen molar-refractivity contribution in [2.24, 2.45) is 0 Å². The summed E-state index contributed by atoms with van der Waals surface area (Å²) in [6.07, 6.45) is -32.2. The van der Waals surface area contributed by atoms with Gasteiger partial charge in [-0.3, -0.25) is 0 Å². The second-order valence-electron chi connectivity index (χ2n) is 4.94. The SMILES string of the molecule is FCN(C(F)(F)C(F)(C(F)(F)F)C(F)(F)F)C(F)(F)C(F)(C(F)(F)F)C(F)(F)F. The molecule has 0 aliphatic rings. The fourth-order valence-corrected chi connectivity index (χ4v) is 1.70. The van der Waals surface area contributed by atoms with Crippen LogP contribution in [0.3, 0.4) is 0 Å². The Morgan fingerprint density at radius 1 is 0.379 bits per heavy atom. The van der Waals surface area contributed by atoms with Gasteiger partial charge in [-0.05, 0) is 0 Å². The summed E-state index contributed by atoms with van der Waals surface area (Å²) in [5.74, 6) is 0. The average Bonchev–Trinajstić information content (AvgIpc) is 2.40. The van der Waals surface area contributed by atoms with Gasteiger partial charge in [-0.25, -0.2) is 13.2 Å². The summed E-state index contributed by atoms with van der Waals surface area (Å²) in [5, 5.41) is 0. The number of alkyl halides is 19. The van der Waals surface area contributed by atoms with Gasteiger partial charge in [-0.2, -0.15) is 70.2 Å². The Balaban J connectivity index is 7.14. The van der Waals surface area contributed by atoms with E-state index in [9.17, 15) is 83.4 Å². The zero-order valence-corrected chi connectivity index (χ0v) is 12.3. The third-order valence-electron chi connectivity index (χ3n) is 3.19. The Kier molecular flexibility index (Phi) is 6.50. The first-order valence-electron chi connectivity index (χ1n) is 5.93. The number of nitrogens with zero attached hydrogens (tertiary/aromatic N) is 1. The predicted octanol–water partition coefficient (Wildman–Crippen LogP) is 6.07. The van der Waals surface area contributed by atoms with Gasteiger partial charge in [0.25, 0.3) is 0 Å². The van der Waals surface area contributed by atoms with Crippen LogP contribution in [0, 0.1) is 0 Å². The molecule has 0 spiro atoms. The van der Waals surface area contributed by atoms with Crippen LogP contribution in [0.25, 0.3) is 0 Å². The van der Waals surface area contributed by atoms with E-state index in [1.54, 1.807) is 0 Å². The standard InChI is InChI=1S/C9H2F19N/c10-1-29(8(25,26)2(11,4(13,14)15)5(16,17)18)9(27,28)3(12,6(19,20)21)7(22,23)24/h1H2. The second kappa shape index (κ2) is 6.82. The number of rotatable bonds is 5. The normalized spacial score (nSPS) is 16.6. The molecule has 1 nitrogen and oxygen atoms in total. The van der Waals surface area contributed by atoms with Crippen LogP contribution >= 0.6 is 0 Å². The highest BCUT2D eigenvalue weighted by molar-refractivity contribution is 5.11. The van der Waals surface area contributed by atoms with Crippen molar-refractivity contribution in [2.75, 3.05) is 6.80 Å². The van der Waals surface area contributed by atoms with Crippen molar-refractivity contribution >= 4 is 0 Å². The van der Waals surface area contributed by atoms with Gasteiger partial charge >= 0.3 is 48.1 Å². The van der Waals surface area contributed by atoms with Crippen molar-refractivity contribution in [3.63, 3.8) is 0 Å². The zero-order chi connectivity index (χ0) is 24.3. The summed E-state index contributed by atoms with van der Waals surface area (Å²) in [6, 6.07) is -16.6. The van der Waals surface area contributed by atoms with Gasteiger partial charge in [0.1, 0.15) is 0 Å². The van der Waals surface area contributed by atoms with Crippen molar-refractivity contribution in [3.8, 4) is 0 Å². The molecule has 0 N–H and O–H groups in total. The molecule has 0 atom stereocenters. The molecule has 0 rings (SSSR count). The Morgan fingerprint density at radius 2 is 0.552 bits per heavy atom. The number of hydrogen-bond acceptors (Lipinski definition) is 1. The lowest BCUT2D eigenvalue weighted by molar-refractivity contribution is -0.480. The van der Waals surface area contributed by atoms with Gasteiger partial charge in [0.15, 0.2) is 6.80 Å². The third kappa shape index (κ3) is 3.64. The molecule has 0 aliphatic carbocycles. The minimum atomic E-state index is -8.36.